The minimum Gasteiger partial charge on any atom is -0.397 e. The maximum absolute atomic E-state index is 12.7. The van der Waals surface area contributed by atoms with Crippen molar-refractivity contribution in [3.8, 4) is 0 Å². The van der Waals surface area contributed by atoms with Crippen molar-refractivity contribution in [1.29, 1.82) is 0 Å². The number of rotatable bonds is 7. The van der Waals surface area contributed by atoms with E-state index in [1.165, 1.54) is 12.1 Å². The third kappa shape index (κ3) is 4.31. The van der Waals surface area contributed by atoms with Gasteiger partial charge in [-0.1, -0.05) is 6.08 Å². The molecule has 3 nitrogen and oxygen atoms in total. The highest BCUT2D eigenvalue weighted by Gasteiger charge is 1.99. The summed E-state index contributed by atoms with van der Waals surface area (Å²) in [5, 5.41) is 3.07. The number of nitrogen functional groups attached to an aromatic ring is 1. The molecule has 0 saturated carbocycles. The van der Waals surface area contributed by atoms with Gasteiger partial charge in [-0.3, -0.25) is 0 Å². The Kier molecular flexibility index (Phi) is 5.36. The third-order valence-electron chi connectivity index (χ3n) is 2.04. The molecule has 88 valence electrons. The summed E-state index contributed by atoms with van der Waals surface area (Å²) in [6, 6.07) is 4.28. The van der Waals surface area contributed by atoms with Gasteiger partial charge in [0.15, 0.2) is 0 Å². The Morgan fingerprint density at radius 3 is 2.94 bits per heavy atom. The summed E-state index contributed by atoms with van der Waals surface area (Å²) in [5.41, 5.74) is 6.77. The molecule has 0 aromatic heterocycles. The van der Waals surface area contributed by atoms with Crippen LogP contribution in [0.4, 0.5) is 15.8 Å². The zero-order valence-corrected chi connectivity index (χ0v) is 9.21. The van der Waals surface area contributed by atoms with E-state index >= 15 is 0 Å². The molecule has 0 atom stereocenters. The first-order chi connectivity index (χ1) is 7.74. The number of anilines is 2. The Morgan fingerprint density at radius 1 is 1.44 bits per heavy atom. The number of ether oxygens (including phenoxy) is 1. The standard InChI is InChI=1S/C12H17FN2O/c1-2-3-7-16-8-6-15-12-5-4-10(13)9-11(12)14/h2,4-5,9,15H,1,3,6-8,14H2. The summed E-state index contributed by atoms with van der Waals surface area (Å²) in [5.74, 6) is -0.328. The van der Waals surface area contributed by atoms with Gasteiger partial charge in [0.25, 0.3) is 0 Å². The van der Waals surface area contributed by atoms with E-state index in [0.29, 0.717) is 25.4 Å². The summed E-state index contributed by atoms with van der Waals surface area (Å²) in [6.07, 6.45) is 2.66. The molecule has 0 amide bonds. The van der Waals surface area contributed by atoms with Gasteiger partial charge >= 0.3 is 0 Å². The van der Waals surface area contributed by atoms with Crippen molar-refractivity contribution >= 4 is 11.4 Å². The molecule has 16 heavy (non-hydrogen) atoms. The second-order valence-corrected chi connectivity index (χ2v) is 3.35. The maximum Gasteiger partial charge on any atom is 0.125 e. The lowest BCUT2D eigenvalue weighted by Crippen LogP contribution is -2.11. The summed E-state index contributed by atoms with van der Waals surface area (Å²) >= 11 is 0. The van der Waals surface area contributed by atoms with Crippen LogP contribution < -0.4 is 11.1 Å². The van der Waals surface area contributed by atoms with Crippen molar-refractivity contribution < 1.29 is 9.13 Å². The minimum atomic E-state index is -0.328. The third-order valence-corrected chi connectivity index (χ3v) is 2.04. The summed E-state index contributed by atoms with van der Waals surface area (Å²) in [6.45, 7) is 5.50. The van der Waals surface area contributed by atoms with E-state index in [1.807, 2.05) is 6.08 Å². The highest BCUT2D eigenvalue weighted by atomic mass is 19.1. The molecule has 3 N–H and O–H groups in total. The molecule has 0 saturated heterocycles. The predicted molar refractivity (Wildman–Crippen MR) is 64.9 cm³/mol. The zero-order chi connectivity index (χ0) is 11.8. The Hall–Kier alpha value is -1.55. The Morgan fingerprint density at radius 2 is 2.25 bits per heavy atom. The average Bonchev–Trinajstić information content (AvgIpc) is 2.26. The van der Waals surface area contributed by atoms with Crippen LogP contribution in [-0.4, -0.2) is 19.8 Å². The Labute approximate surface area is 95.1 Å². The van der Waals surface area contributed by atoms with Crippen molar-refractivity contribution in [1.82, 2.24) is 0 Å². The highest BCUT2D eigenvalue weighted by molar-refractivity contribution is 5.65. The van der Waals surface area contributed by atoms with Crippen LogP contribution in [0.3, 0.4) is 0 Å². The molecule has 0 aliphatic carbocycles. The lowest BCUT2D eigenvalue weighted by molar-refractivity contribution is 0.149. The fourth-order valence-corrected chi connectivity index (χ4v) is 1.22. The number of halogens is 1. The van der Waals surface area contributed by atoms with Gasteiger partial charge in [-0.05, 0) is 24.6 Å². The predicted octanol–water partition coefficient (Wildman–Crippen LogP) is 2.41. The fourth-order valence-electron chi connectivity index (χ4n) is 1.22. The molecule has 0 aliphatic heterocycles. The van der Waals surface area contributed by atoms with Gasteiger partial charge in [0, 0.05) is 6.54 Å². The first kappa shape index (κ1) is 12.5. The first-order valence-corrected chi connectivity index (χ1v) is 5.21. The number of hydrogen-bond donors (Lipinski definition) is 2. The SMILES string of the molecule is C=CCCOCCNc1ccc(F)cc1N. The molecule has 0 unspecified atom stereocenters. The van der Waals surface area contributed by atoms with Crippen LogP contribution in [0.5, 0.6) is 0 Å². The van der Waals surface area contributed by atoms with Gasteiger partial charge in [0.1, 0.15) is 5.82 Å². The van der Waals surface area contributed by atoms with E-state index in [1.54, 1.807) is 6.07 Å². The van der Waals surface area contributed by atoms with E-state index in [0.717, 1.165) is 12.1 Å². The molecule has 0 fully saturated rings. The minimum absolute atomic E-state index is 0.328. The molecule has 0 bridgehead atoms. The van der Waals surface area contributed by atoms with Crippen molar-refractivity contribution in [3.63, 3.8) is 0 Å². The van der Waals surface area contributed by atoms with E-state index in [9.17, 15) is 4.39 Å². The second-order valence-electron chi connectivity index (χ2n) is 3.35. The maximum atomic E-state index is 12.7. The van der Waals surface area contributed by atoms with Gasteiger partial charge in [-0.15, -0.1) is 6.58 Å². The smallest absolute Gasteiger partial charge is 0.125 e. The lowest BCUT2D eigenvalue weighted by atomic mass is 10.2. The second kappa shape index (κ2) is 6.85. The number of nitrogens with one attached hydrogen (secondary N) is 1. The molecule has 1 aromatic rings. The van der Waals surface area contributed by atoms with Crippen LogP contribution in [0.25, 0.3) is 0 Å². The van der Waals surface area contributed by atoms with Crippen molar-refractivity contribution in [2.75, 3.05) is 30.8 Å². The molecule has 0 aliphatic rings. The molecule has 1 rings (SSSR count). The summed E-state index contributed by atoms with van der Waals surface area (Å²) in [7, 11) is 0. The van der Waals surface area contributed by atoms with E-state index in [2.05, 4.69) is 11.9 Å². The largest absolute Gasteiger partial charge is 0.397 e. The molecule has 0 spiro atoms. The van der Waals surface area contributed by atoms with Gasteiger partial charge in [0.05, 0.1) is 24.6 Å². The molecular formula is C12H17FN2O. The fraction of sp³-hybridized carbons (Fsp3) is 0.333. The Bertz CT molecular complexity index is 342. The van der Waals surface area contributed by atoms with Crippen LogP contribution in [0, 0.1) is 5.82 Å². The first-order valence-electron chi connectivity index (χ1n) is 5.21. The Balaban J connectivity index is 2.24. The quantitative estimate of drug-likeness (QED) is 0.425. The average molecular weight is 224 g/mol. The number of benzene rings is 1. The van der Waals surface area contributed by atoms with Gasteiger partial charge in [0.2, 0.25) is 0 Å². The van der Waals surface area contributed by atoms with Crippen molar-refractivity contribution in [2.45, 2.75) is 6.42 Å². The van der Waals surface area contributed by atoms with E-state index < -0.39 is 0 Å². The van der Waals surface area contributed by atoms with Crippen molar-refractivity contribution in [2.24, 2.45) is 0 Å². The van der Waals surface area contributed by atoms with E-state index in [4.69, 9.17) is 10.5 Å². The lowest BCUT2D eigenvalue weighted by Gasteiger charge is -2.09. The molecular weight excluding hydrogens is 207 g/mol. The molecule has 0 heterocycles. The normalized spacial score (nSPS) is 10.1. The zero-order valence-electron chi connectivity index (χ0n) is 9.21. The molecule has 4 heteroatoms. The van der Waals surface area contributed by atoms with E-state index in [-0.39, 0.29) is 5.82 Å². The van der Waals surface area contributed by atoms with Crippen LogP contribution in [0.2, 0.25) is 0 Å². The monoisotopic (exact) mass is 224 g/mol. The van der Waals surface area contributed by atoms with Gasteiger partial charge in [-0.2, -0.15) is 0 Å². The van der Waals surface area contributed by atoms with Crippen LogP contribution in [-0.2, 0) is 4.74 Å². The van der Waals surface area contributed by atoms with Crippen LogP contribution in [0.1, 0.15) is 6.42 Å². The van der Waals surface area contributed by atoms with Crippen LogP contribution >= 0.6 is 0 Å². The summed E-state index contributed by atoms with van der Waals surface area (Å²) in [4.78, 5) is 0. The molecule has 0 radical (unpaired) electrons. The topological polar surface area (TPSA) is 47.3 Å². The van der Waals surface area contributed by atoms with Crippen molar-refractivity contribution in [3.05, 3.63) is 36.7 Å². The number of nitrogens with two attached hydrogens (primary N) is 1. The number of hydrogen-bond acceptors (Lipinski definition) is 3. The molecule has 1 aromatic carbocycles. The highest BCUT2D eigenvalue weighted by Crippen LogP contribution is 2.18. The van der Waals surface area contributed by atoms with Gasteiger partial charge < -0.3 is 15.8 Å². The summed E-state index contributed by atoms with van der Waals surface area (Å²) < 4.78 is 18.0. The van der Waals surface area contributed by atoms with Crippen LogP contribution in [0.15, 0.2) is 30.9 Å². The van der Waals surface area contributed by atoms with Gasteiger partial charge in [-0.25, -0.2) is 4.39 Å².